The Hall–Kier alpha value is -4.07. The van der Waals surface area contributed by atoms with Gasteiger partial charge in [0.05, 0.1) is 18.7 Å². The Morgan fingerprint density at radius 1 is 1.00 bits per heavy atom. The van der Waals surface area contributed by atoms with E-state index in [1.165, 1.54) is 6.33 Å². The van der Waals surface area contributed by atoms with E-state index in [0.29, 0.717) is 52.6 Å². The van der Waals surface area contributed by atoms with E-state index < -0.39 is 11.9 Å². The SMILES string of the molecule is COc1ccc(OC(=O)NN2CCN(c3ccc(OC[C@@H]4CO[C@@](Cn5cncn5)(c5ccc(Cl)cc5Cl)O4)cc3)CC2)cc1. The lowest BCUT2D eigenvalue weighted by Gasteiger charge is -2.35. The third-order valence-corrected chi connectivity index (χ3v) is 8.02. The molecule has 2 aliphatic rings. The van der Waals surface area contributed by atoms with Gasteiger partial charge >= 0.3 is 6.09 Å². The first-order valence-corrected chi connectivity index (χ1v) is 15.1. The number of aromatic nitrogens is 3. The molecule has 6 rings (SSSR count). The van der Waals surface area contributed by atoms with E-state index in [4.69, 9.17) is 46.9 Å². The maximum absolute atomic E-state index is 12.3. The van der Waals surface area contributed by atoms with Gasteiger partial charge in [-0.15, -0.1) is 0 Å². The summed E-state index contributed by atoms with van der Waals surface area (Å²) in [5, 5.41) is 7.02. The smallest absolute Gasteiger partial charge is 0.427 e. The highest BCUT2D eigenvalue weighted by molar-refractivity contribution is 6.35. The number of carbonyl (C=O) groups excluding carboxylic acids is 1. The monoisotopic (exact) mass is 654 g/mol. The highest BCUT2D eigenvalue weighted by Crippen LogP contribution is 2.40. The van der Waals surface area contributed by atoms with Gasteiger partial charge in [0.25, 0.3) is 0 Å². The minimum absolute atomic E-state index is 0.256. The fourth-order valence-corrected chi connectivity index (χ4v) is 5.76. The number of rotatable bonds is 10. The van der Waals surface area contributed by atoms with E-state index in [2.05, 4.69) is 20.4 Å². The summed E-state index contributed by atoms with van der Waals surface area (Å²) in [6, 6.07) is 20.0. The Morgan fingerprint density at radius 2 is 1.73 bits per heavy atom. The molecule has 1 N–H and O–H groups in total. The van der Waals surface area contributed by atoms with Crippen LogP contribution < -0.4 is 24.5 Å². The average molecular weight is 656 g/mol. The van der Waals surface area contributed by atoms with Crippen LogP contribution in [0.5, 0.6) is 17.2 Å². The summed E-state index contributed by atoms with van der Waals surface area (Å²) in [5.41, 5.74) is 4.52. The van der Waals surface area contributed by atoms with Gasteiger partial charge in [0.15, 0.2) is 0 Å². The fourth-order valence-electron chi connectivity index (χ4n) is 5.20. The number of ether oxygens (including phenoxy) is 5. The molecule has 14 heteroatoms. The fraction of sp³-hybridized carbons (Fsp3) is 0.323. The number of nitrogens with zero attached hydrogens (tertiary/aromatic N) is 5. The van der Waals surface area contributed by atoms with Crippen molar-refractivity contribution in [2.75, 3.05) is 51.4 Å². The third kappa shape index (κ3) is 7.60. The molecule has 1 amide bonds. The van der Waals surface area contributed by atoms with Crippen molar-refractivity contribution in [3.63, 3.8) is 0 Å². The number of piperazine rings is 1. The second kappa shape index (κ2) is 13.9. The first-order valence-electron chi connectivity index (χ1n) is 14.3. The van der Waals surface area contributed by atoms with Crippen LogP contribution in [0.1, 0.15) is 5.56 Å². The molecule has 2 aliphatic heterocycles. The summed E-state index contributed by atoms with van der Waals surface area (Å²) in [7, 11) is 1.58. The standard InChI is InChI=1S/C31H32Cl2N6O6/c1-41-24-7-9-26(10-8-24)44-30(40)36-38-14-12-37(13-15-38)23-3-5-25(6-4-23)42-17-27-18-43-31(45-27,19-39-21-34-20-35-39)28-11-2-22(32)16-29(28)33/h2-11,16,20-21,27H,12-15,17-19H2,1H3,(H,36,40)/t27-,31-/m1/s1. The van der Waals surface area contributed by atoms with E-state index >= 15 is 0 Å². The Kier molecular flexibility index (Phi) is 9.57. The maximum atomic E-state index is 12.3. The highest BCUT2D eigenvalue weighted by atomic mass is 35.5. The topological polar surface area (TPSA) is 112 Å². The molecule has 0 aliphatic carbocycles. The normalized spacial score (nSPS) is 20.2. The maximum Gasteiger partial charge on any atom is 0.427 e. The van der Waals surface area contributed by atoms with Gasteiger partial charge in [-0.3, -0.25) is 5.43 Å². The third-order valence-electron chi connectivity index (χ3n) is 7.47. The first-order chi connectivity index (χ1) is 21.9. The Morgan fingerprint density at radius 3 is 2.42 bits per heavy atom. The first kappa shape index (κ1) is 30.9. The minimum Gasteiger partial charge on any atom is -0.497 e. The van der Waals surface area contributed by atoms with Crippen LogP contribution in [0.15, 0.2) is 79.4 Å². The van der Waals surface area contributed by atoms with Gasteiger partial charge in [-0.2, -0.15) is 5.10 Å². The van der Waals surface area contributed by atoms with Crippen LogP contribution in [0.3, 0.4) is 0 Å². The molecule has 0 unspecified atom stereocenters. The number of hydrazine groups is 1. The predicted molar refractivity (Wildman–Crippen MR) is 167 cm³/mol. The molecule has 2 saturated heterocycles. The largest absolute Gasteiger partial charge is 0.497 e. The van der Waals surface area contributed by atoms with Crippen molar-refractivity contribution in [3.8, 4) is 17.2 Å². The quantitative estimate of drug-likeness (QED) is 0.257. The van der Waals surface area contributed by atoms with Gasteiger partial charge in [-0.1, -0.05) is 29.3 Å². The van der Waals surface area contributed by atoms with E-state index in [-0.39, 0.29) is 19.3 Å². The summed E-state index contributed by atoms with van der Waals surface area (Å²) < 4.78 is 30.9. The zero-order valence-corrected chi connectivity index (χ0v) is 26.0. The molecule has 12 nitrogen and oxygen atoms in total. The van der Waals surface area contributed by atoms with E-state index in [1.54, 1.807) is 60.6 Å². The van der Waals surface area contributed by atoms with E-state index in [0.717, 1.165) is 18.8 Å². The van der Waals surface area contributed by atoms with Crippen LogP contribution in [-0.2, 0) is 21.8 Å². The van der Waals surface area contributed by atoms with E-state index in [1.807, 2.05) is 29.3 Å². The van der Waals surface area contributed by atoms with E-state index in [9.17, 15) is 4.79 Å². The van der Waals surface area contributed by atoms with Crippen LogP contribution in [0.25, 0.3) is 0 Å². The molecule has 1 aromatic heterocycles. The number of amides is 1. The number of halogens is 2. The lowest BCUT2D eigenvalue weighted by atomic mass is 10.1. The summed E-state index contributed by atoms with van der Waals surface area (Å²) in [6.45, 7) is 3.59. The van der Waals surface area contributed by atoms with Crippen molar-refractivity contribution in [1.29, 1.82) is 0 Å². The summed E-state index contributed by atoms with van der Waals surface area (Å²) in [5.74, 6) is 0.676. The zero-order chi connectivity index (χ0) is 31.2. The van der Waals surface area contributed by atoms with Crippen molar-refractivity contribution in [1.82, 2.24) is 25.2 Å². The molecular weight excluding hydrogens is 623 g/mol. The van der Waals surface area contributed by atoms with Crippen LogP contribution >= 0.6 is 23.2 Å². The molecule has 2 fully saturated rings. The lowest BCUT2D eigenvalue weighted by Crippen LogP contribution is -2.54. The van der Waals surface area contributed by atoms with Crippen molar-refractivity contribution in [2.24, 2.45) is 0 Å². The number of carbonyl (C=O) groups is 1. The zero-order valence-electron chi connectivity index (χ0n) is 24.5. The van der Waals surface area contributed by atoms with Gasteiger partial charge in [0.2, 0.25) is 5.79 Å². The van der Waals surface area contributed by atoms with Gasteiger partial charge in [-0.25, -0.2) is 19.5 Å². The molecular formula is C31H32Cl2N6O6. The number of nitrogens with one attached hydrogen (secondary N) is 1. The van der Waals surface area contributed by atoms with Gasteiger partial charge < -0.3 is 28.6 Å². The van der Waals surface area contributed by atoms with Crippen molar-refractivity contribution in [3.05, 3.63) is 95.0 Å². The Bertz CT molecular complexity index is 1570. The Balaban J connectivity index is 0.985. The molecule has 3 aromatic carbocycles. The van der Waals surface area contributed by atoms with Gasteiger partial charge in [-0.05, 0) is 60.7 Å². The van der Waals surface area contributed by atoms with Gasteiger partial charge in [0, 0.05) is 42.5 Å². The minimum atomic E-state index is -1.17. The second-order valence-electron chi connectivity index (χ2n) is 10.5. The molecule has 236 valence electrons. The molecule has 0 spiro atoms. The molecule has 4 aromatic rings. The van der Waals surface area contributed by atoms with Crippen LogP contribution in [-0.4, -0.2) is 78.5 Å². The summed E-state index contributed by atoms with van der Waals surface area (Å²) >= 11 is 12.7. The number of hydrogen-bond donors (Lipinski definition) is 1. The molecule has 2 atom stereocenters. The molecule has 0 radical (unpaired) electrons. The second-order valence-corrected chi connectivity index (χ2v) is 11.3. The van der Waals surface area contributed by atoms with Crippen molar-refractivity contribution < 1.29 is 28.5 Å². The highest BCUT2D eigenvalue weighted by Gasteiger charge is 2.45. The predicted octanol–water partition coefficient (Wildman–Crippen LogP) is 4.77. The molecule has 0 saturated carbocycles. The Labute approximate surface area is 270 Å². The molecule has 45 heavy (non-hydrogen) atoms. The number of methoxy groups -OCH3 is 1. The van der Waals surface area contributed by atoms with Crippen LogP contribution in [0.2, 0.25) is 10.0 Å². The molecule has 3 heterocycles. The van der Waals surface area contributed by atoms with Crippen LogP contribution in [0.4, 0.5) is 10.5 Å². The number of benzene rings is 3. The number of anilines is 1. The van der Waals surface area contributed by atoms with Gasteiger partial charge in [0.1, 0.15) is 49.2 Å². The molecule has 0 bridgehead atoms. The summed E-state index contributed by atoms with van der Waals surface area (Å²) in [6.07, 6.45) is 2.17. The van der Waals surface area contributed by atoms with Crippen LogP contribution in [0, 0.1) is 0 Å². The van der Waals surface area contributed by atoms with Crippen molar-refractivity contribution >= 4 is 35.0 Å². The average Bonchev–Trinajstić information content (AvgIpc) is 3.71. The van der Waals surface area contributed by atoms with Crippen molar-refractivity contribution in [2.45, 2.75) is 18.4 Å². The summed E-state index contributed by atoms with van der Waals surface area (Å²) in [4.78, 5) is 18.6. The number of hydrogen-bond acceptors (Lipinski definition) is 10. The lowest BCUT2D eigenvalue weighted by molar-refractivity contribution is -0.190.